The van der Waals surface area contributed by atoms with E-state index in [1.54, 1.807) is 13.0 Å². The molecule has 0 fully saturated rings. The molecule has 0 heterocycles. The van der Waals surface area contributed by atoms with Gasteiger partial charge in [-0.25, -0.2) is 0 Å². The monoisotopic (exact) mass is 257 g/mol. The molecule has 1 aromatic carbocycles. The van der Waals surface area contributed by atoms with Crippen LogP contribution in [0.15, 0.2) is 18.2 Å². The van der Waals surface area contributed by atoms with Crippen LogP contribution in [-0.4, -0.2) is 27.0 Å². The number of aliphatic hydroxyl groups excluding tert-OH is 2. The van der Waals surface area contributed by atoms with E-state index in [2.05, 4.69) is 12.6 Å². The van der Waals surface area contributed by atoms with E-state index in [4.69, 9.17) is 0 Å². The van der Waals surface area contributed by atoms with Crippen LogP contribution in [0.1, 0.15) is 23.7 Å². The summed E-state index contributed by atoms with van der Waals surface area (Å²) in [5.41, 5.74) is 0.705. The number of rotatable bonds is 5. The molecule has 0 aliphatic carbocycles. The van der Waals surface area contributed by atoms with E-state index in [0.717, 1.165) is 0 Å². The van der Waals surface area contributed by atoms with Crippen molar-refractivity contribution in [2.45, 2.75) is 25.6 Å². The lowest BCUT2D eigenvalue weighted by Crippen LogP contribution is -2.19. The lowest BCUT2D eigenvalue weighted by Gasteiger charge is -2.19. The predicted octanol–water partition coefficient (Wildman–Crippen LogP) is 1.62. The van der Waals surface area contributed by atoms with Gasteiger partial charge in [0.1, 0.15) is 6.10 Å². The molecule has 2 N–H and O–H groups in total. The summed E-state index contributed by atoms with van der Waals surface area (Å²) in [6, 6.07) is 4.45. The van der Waals surface area contributed by atoms with Gasteiger partial charge < -0.3 is 10.2 Å². The number of nitro groups is 1. The van der Waals surface area contributed by atoms with Crippen molar-refractivity contribution in [2.75, 3.05) is 5.75 Å². The lowest BCUT2D eigenvalue weighted by molar-refractivity contribution is -0.385. The standard InChI is InChI=1S/C11H15NO4S/c1-7-8(11(14)10(13)5-6-17)3-2-4-9(7)12(15)16/h2-4,10-11,13-14,17H,5-6H2,1H3. The van der Waals surface area contributed by atoms with Gasteiger partial charge in [0.25, 0.3) is 5.69 Å². The lowest BCUT2D eigenvalue weighted by atomic mass is 9.97. The van der Waals surface area contributed by atoms with Crippen molar-refractivity contribution in [3.8, 4) is 0 Å². The summed E-state index contributed by atoms with van der Waals surface area (Å²) in [5, 5.41) is 30.3. The maximum absolute atomic E-state index is 10.7. The molecule has 94 valence electrons. The molecule has 2 atom stereocenters. The summed E-state index contributed by atoms with van der Waals surface area (Å²) in [6.45, 7) is 1.56. The summed E-state index contributed by atoms with van der Waals surface area (Å²) in [4.78, 5) is 10.2. The Labute approximate surface area is 105 Å². The third-order valence-electron chi connectivity index (χ3n) is 2.65. The van der Waals surface area contributed by atoms with E-state index < -0.39 is 17.1 Å². The highest BCUT2D eigenvalue weighted by atomic mass is 32.1. The van der Waals surface area contributed by atoms with Gasteiger partial charge in [-0.2, -0.15) is 12.6 Å². The molecule has 0 saturated carbocycles. The minimum atomic E-state index is -1.12. The van der Waals surface area contributed by atoms with Crippen LogP contribution in [0.2, 0.25) is 0 Å². The van der Waals surface area contributed by atoms with Gasteiger partial charge in [-0.05, 0) is 24.7 Å². The minimum Gasteiger partial charge on any atom is -0.390 e. The van der Waals surface area contributed by atoms with Crippen LogP contribution in [0.5, 0.6) is 0 Å². The first-order chi connectivity index (χ1) is 7.99. The van der Waals surface area contributed by atoms with Gasteiger partial charge in [0.2, 0.25) is 0 Å². The summed E-state index contributed by atoms with van der Waals surface area (Å²) < 4.78 is 0. The molecule has 5 nitrogen and oxygen atoms in total. The second-order valence-electron chi connectivity index (χ2n) is 3.77. The highest BCUT2D eigenvalue weighted by Crippen LogP contribution is 2.28. The van der Waals surface area contributed by atoms with E-state index in [9.17, 15) is 20.3 Å². The van der Waals surface area contributed by atoms with Crippen LogP contribution in [0.25, 0.3) is 0 Å². The first kappa shape index (κ1) is 14.0. The number of benzene rings is 1. The van der Waals surface area contributed by atoms with Crippen molar-refractivity contribution in [1.29, 1.82) is 0 Å². The molecule has 0 radical (unpaired) electrons. The van der Waals surface area contributed by atoms with Gasteiger partial charge in [-0.1, -0.05) is 12.1 Å². The molecule has 1 rings (SSSR count). The number of hydrogen-bond donors (Lipinski definition) is 3. The Balaban J connectivity index is 3.06. The SMILES string of the molecule is Cc1c(C(O)C(O)CCS)cccc1[N+](=O)[O-]. The number of nitro benzene ring substituents is 1. The van der Waals surface area contributed by atoms with Crippen LogP contribution >= 0.6 is 12.6 Å². The Bertz CT molecular complexity index is 410. The van der Waals surface area contributed by atoms with Crippen molar-refractivity contribution >= 4 is 18.3 Å². The molecule has 1 aromatic rings. The van der Waals surface area contributed by atoms with E-state index >= 15 is 0 Å². The van der Waals surface area contributed by atoms with Gasteiger partial charge in [0.15, 0.2) is 0 Å². The first-order valence-electron chi connectivity index (χ1n) is 5.20. The van der Waals surface area contributed by atoms with Gasteiger partial charge >= 0.3 is 0 Å². The molecular formula is C11H15NO4S. The zero-order valence-electron chi connectivity index (χ0n) is 9.41. The van der Waals surface area contributed by atoms with Crippen LogP contribution in [0, 0.1) is 17.0 Å². The largest absolute Gasteiger partial charge is 0.390 e. The van der Waals surface area contributed by atoms with Gasteiger partial charge in [0, 0.05) is 11.6 Å². The first-order valence-corrected chi connectivity index (χ1v) is 5.83. The Hall–Kier alpha value is -1.11. The van der Waals surface area contributed by atoms with Crippen LogP contribution in [0.3, 0.4) is 0 Å². The fourth-order valence-corrected chi connectivity index (χ4v) is 1.92. The van der Waals surface area contributed by atoms with E-state index in [1.807, 2.05) is 0 Å². The Morgan fingerprint density at radius 1 is 1.47 bits per heavy atom. The molecule has 2 unspecified atom stereocenters. The smallest absolute Gasteiger partial charge is 0.272 e. The zero-order chi connectivity index (χ0) is 13.0. The third kappa shape index (κ3) is 3.18. The average molecular weight is 257 g/mol. The number of nitrogens with zero attached hydrogens (tertiary/aromatic N) is 1. The molecule has 17 heavy (non-hydrogen) atoms. The molecule has 0 aliphatic rings. The third-order valence-corrected chi connectivity index (χ3v) is 2.91. The van der Waals surface area contributed by atoms with Crippen molar-refractivity contribution in [2.24, 2.45) is 0 Å². The number of thiol groups is 1. The molecule has 0 bridgehead atoms. The summed E-state index contributed by atoms with van der Waals surface area (Å²) in [6.07, 6.45) is -1.76. The molecule has 0 aromatic heterocycles. The summed E-state index contributed by atoms with van der Waals surface area (Å²) in [5.74, 6) is 0.437. The minimum absolute atomic E-state index is 0.0559. The second-order valence-corrected chi connectivity index (χ2v) is 4.22. The van der Waals surface area contributed by atoms with Crippen molar-refractivity contribution in [1.82, 2.24) is 0 Å². The maximum atomic E-state index is 10.7. The average Bonchev–Trinajstić information content (AvgIpc) is 2.28. The molecule has 0 spiro atoms. The van der Waals surface area contributed by atoms with E-state index in [-0.39, 0.29) is 5.69 Å². The second kappa shape index (κ2) is 6.00. The Morgan fingerprint density at radius 2 is 2.12 bits per heavy atom. The maximum Gasteiger partial charge on any atom is 0.272 e. The van der Waals surface area contributed by atoms with Crippen molar-refractivity contribution in [3.63, 3.8) is 0 Å². The number of aliphatic hydroxyl groups is 2. The van der Waals surface area contributed by atoms with Gasteiger partial charge in [-0.3, -0.25) is 10.1 Å². The Morgan fingerprint density at radius 3 is 2.65 bits per heavy atom. The van der Waals surface area contributed by atoms with Gasteiger partial charge in [-0.15, -0.1) is 0 Å². The van der Waals surface area contributed by atoms with Crippen LogP contribution in [0.4, 0.5) is 5.69 Å². The molecule has 6 heteroatoms. The zero-order valence-corrected chi connectivity index (χ0v) is 10.3. The topological polar surface area (TPSA) is 83.6 Å². The molecular weight excluding hydrogens is 242 g/mol. The van der Waals surface area contributed by atoms with E-state index in [0.29, 0.717) is 23.3 Å². The predicted molar refractivity (Wildman–Crippen MR) is 67.3 cm³/mol. The fraction of sp³-hybridized carbons (Fsp3) is 0.455. The summed E-state index contributed by atoms with van der Waals surface area (Å²) >= 11 is 3.97. The quantitative estimate of drug-likeness (QED) is 0.425. The van der Waals surface area contributed by atoms with Crippen molar-refractivity contribution < 1.29 is 15.1 Å². The number of hydrogen-bond acceptors (Lipinski definition) is 5. The Kier molecular flexibility index (Phi) is 4.92. The van der Waals surface area contributed by atoms with Crippen LogP contribution in [-0.2, 0) is 0 Å². The molecule has 0 saturated heterocycles. The highest BCUT2D eigenvalue weighted by molar-refractivity contribution is 7.80. The van der Waals surface area contributed by atoms with Crippen molar-refractivity contribution in [3.05, 3.63) is 39.4 Å². The van der Waals surface area contributed by atoms with E-state index in [1.165, 1.54) is 12.1 Å². The van der Waals surface area contributed by atoms with Crippen LogP contribution < -0.4 is 0 Å². The normalized spacial score (nSPS) is 14.4. The molecule has 0 aliphatic heterocycles. The molecule has 0 amide bonds. The summed E-state index contributed by atoms with van der Waals surface area (Å²) in [7, 11) is 0. The van der Waals surface area contributed by atoms with Gasteiger partial charge in [0.05, 0.1) is 11.0 Å². The highest BCUT2D eigenvalue weighted by Gasteiger charge is 2.23. The fourth-order valence-electron chi connectivity index (χ4n) is 1.66.